The first-order valence-corrected chi connectivity index (χ1v) is 9.22. The number of hydrogen-bond acceptors (Lipinski definition) is 3. The zero-order valence-corrected chi connectivity index (χ0v) is 14.7. The van der Waals surface area contributed by atoms with Gasteiger partial charge in [-0.05, 0) is 29.8 Å². The molecule has 1 heterocycles. The third-order valence-electron chi connectivity index (χ3n) is 3.80. The lowest BCUT2D eigenvalue weighted by Gasteiger charge is -2.23. The Morgan fingerprint density at radius 3 is 2.20 bits per heavy atom. The topological polar surface area (TPSA) is 33.2 Å². The van der Waals surface area contributed by atoms with E-state index in [9.17, 15) is 4.79 Å². The summed E-state index contributed by atoms with van der Waals surface area (Å²) >= 11 is 1.74. The maximum Gasteiger partial charge on any atom is 0.254 e. The summed E-state index contributed by atoms with van der Waals surface area (Å²) in [6, 6.07) is 23.6. The summed E-state index contributed by atoms with van der Waals surface area (Å²) in [6.45, 7) is 1.31. The standard InChI is InChI=1S/C21H20N2OS/c24-21(19-9-5-2-6-10-19)23(17-18-7-3-1-4-8-18)15-16-25-20-11-13-22-14-12-20/h1-14H,15-17H2. The normalized spacial score (nSPS) is 10.4. The van der Waals surface area contributed by atoms with E-state index in [1.165, 1.54) is 4.90 Å². The number of nitrogens with zero attached hydrogens (tertiary/aromatic N) is 2. The van der Waals surface area contributed by atoms with Crippen LogP contribution in [0.3, 0.4) is 0 Å². The molecule has 126 valence electrons. The predicted octanol–water partition coefficient (Wildman–Crippen LogP) is 4.52. The molecule has 0 aliphatic carbocycles. The summed E-state index contributed by atoms with van der Waals surface area (Å²) in [5.41, 5.74) is 1.87. The van der Waals surface area contributed by atoms with Crippen molar-refractivity contribution in [2.75, 3.05) is 12.3 Å². The van der Waals surface area contributed by atoms with Crippen molar-refractivity contribution in [2.45, 2.75) is 11.4 Å². The molecule has 2 aromatic carbocycles. The zero-order chi connectivity index (χ0) is 17.3. The van der Waals surface area contributed by atoms with Gasteiger partial charge < -0.3 is 4.90 Å². The van der Waals surface area contributed by atoms with Crippen LogP contribution in [0.25, 0.3) is 0 Å². The molecule has 1 amide bonds. The summed E-state index contributed by atoms with van der Waals surface area (Å²) in [6.07, 6.45) is 3.58. The first-order chi connectivity index (χ1) is 12.3. The van der Waals surface area contributed by atoms with E-state index in [0.29, 0.717) is 13.1 Å². The number of rotatable bonds is 7. The monoisotopic (exact) mass is 348 g/mol. The van der Waals surface area contributed by atoms with Gasteiger partial charge in [0.05, 0.1) is 0 Å². The highest BCUT2D eigenvalue weighted by Crippen LogP contribution is 2.18. The van der Waals surface area contributed by atoms with Crippen molar-refractivity contribution in [1.29, 1.82) is 0 Å². The summed E-state index contributed by atoms with van der Waals surface area (Å²) < 4.78 is 0. The van der Waals surface area contributed by atoms with Gasteiger partial charge in [-0.1, -0.05) is 48.5 Å². The third-order valence-corrected chi connectivity index (χ3v) is 4.80. The van der Waals surface area contributed by atoms with E-state index in [2.05, 4.69) is 17.1 Å². The number of hydrogen-bond donors (Lipinski definition) is 0. The van der Waals surface area contributed by atoms with Gasteiger partial charge in [-0.25, -0.2) is 0 Å². The van der Waals surface area contributed by atoms with Gasteiger partial charge in [-0.3, -0.25) is 9.78 Å². The minimum absolute atomic E-state index is 0.0692. The Morgan fingerprint density at radius 1 is 0.880 bits per heavy atom. The fraction of sp³-hybridized carbons (Fsp3) is 0.143. The van der Waals surface area contributed by atoms with Gasteiger partial charge in [0.25, 0.3) is 5.91 Å². The largest absolute Gasteiger partial charge is 0.333 e. The number of amides is 1. The number of carbonyl (C=O) groups excluding carboxylic acids is 1. The highest BCUT2D eigenvalue weighted by Gasteiger charge is 2.15. The van der Waals surface area contributed by atoms with Gasteiger partial charge in [-0.2, -0.15) is 0 Å². The maximum absolute atomic E-state index is 12.9. The maximum atomic E-state index is 12.9. The van der Waals surface area contributed by atoms with Gasteiger partial charge in [0.15, 0.2) is 0 Å². The summed E-state index contributed by atoms with van der Waals surface area (Å²) in [7, 11) is 0. The van der Waals surface area contributed by atoms with Crippen LogP contribution in [0.1, 0.15) is 15.9 Å². The number of carbonyl (C=O) groups is 1. The Hall–Kier alpha value is -2.59. The van der Waals surface area contributed by atoms with Crippen molar-refractivity contribution in [3.63, 3.8) is 0 Å². The lowest BCUT2D eigenvalue weighted by Crippen LogP contribution is -2.32. The molecule has 0 bridgehead atoms. The Labute approximate surface area is 152 Å². The molecule has 0 aliphatic heterocycles. The molecule has 0 spiro atoms. The SMILES string of the molecule is O=C(c1ccccc1)N(CCSc1ccncc1)Cc1ccccc1. The summed E-state index contributed by atoms with van der Waals surface area (Å²) in [4.78, 5) is 20.0. The van der Waals surface area contributed by atoms with Crippen LogP contribution in [0.4, 0.5) is 0 Å². The second-order valence-corrected chi connectivity index (χ2v) is 6.78. The smallest absolute Gasteiger partial charge is 0.254 e. The van der Waals surface area contributed by atoms with E-state index in [1.807, 2.05) is 65.6 Å². The summed E-state index contributed by atoms with van der Waals surface area (Å²) in [5.74, 6) is 0.912. The second kappa shape index (κ2) is 9.04. The number of thioether (sulfide) groups is 1. The van der Waals surface area contributed by atoms with E-state index in [1.54, 1.807) is 24.2 Å². The van der Waals surface area contributed by atoms with Crippen LogP contribution in [0.2, 0.25) is 0 Å². The molecule has 0 atom stereocenters. The van der Waals surface area contributed by atoms with E-state index < -0.39 is 0 Å². The molecule has 0 aliphatic rings. The molecule has 0 unspecified atom stereocenters. The molecule has 25 heavy (non-hydrogen) atoms. The Morgan fingerprint density at radius 2 is 1.52 bits per heavy atom. The fourth-order valence-corrected chi connectivity index (χ4v) is 3.39. The number of pyridine rings is 1. The number of benzene rings is 2. The van der Waals surface area contributed by atoms with Gasteiger partial charge >= 0.3 is 0 Å². The van der Waals surface area contributed by atoms with Crippen molar-refractivity contribution in [3.8, 4) is 0 Å². The van der Waals surface area contributed by atoms with E-state index in [4.69, 9.17) is 0 Å². The number of aromatic nitrogens is 1. The molecule has 1 aromatic heterocycles. The molecule has 3 aromatic rings. The molecule has 3 nitrogen and oxygen atoms in total. The summed E-state index contributed by atoms with van der Waals surface area (Å²) in [5, 5.41) is 0. The van der Waals surface area contributed by atoms with E-state index >= 15 is 0 Å². The Bertz CT molecular complexity index is 779. The molecular formula is C21H20N2OS. The Kier molecular flexibility index (Phi) is 6.23. The average Bonchev–Trinajstić information content (AvgIpc) is 2.69. The lowest BCUT2D eigenvalue weighted by atomic mass is 10.1. The van der Waals surface area contributed by atoms with Crippen LogP contribution in [-0.2, 0) is 6.54 Å². The predicted molar refractivity (Wildman–Crippen MR) is 103 cm³/mol. The Balaban J connectivity index is 1.68. The van der Waals surface area contributed by atoms with Crippen molar-refractivity contribution in [2.24, 2.45) is 0 Å². The molecule has 0 radical (unpaired) electrons. The molecule has 0 N–H and O–H groups in total. The van der Waals surface area contributed by atoms with Crippen LogP contribution in [-0.4, -0.2) is 28.1 Å². The molecule has 4 heteroatoms. The minimum Gasteiger partial charge on any atom is -0.333 e. The second-order valence-electron chi connectivity index (χ2n) is 5.61. The third kappa shape index (κ3) is 5.19. The van der Waals surface area contributed by atoms with Gasteiger partial charge in [0.1, 0.15) is 0 Å². The van der Waals surface area contributed by atoms with Crippen LogP contribution < -0.4 is 0 Å². The molecule has 0 saturated heterocycles. The van der Waals surface area contributed by atoms with Crippen LogP contribution >= 0.6 is 11.8 Å². The van der Waals surface area contributed by atoms with Gasteiger partial charge in [-0.15, -0.1) is 11.8 Å². The van der Waals surface area contributed by atoms with Crippen molar-refractivity contribution in [3.05, 3.63) is 96.3 Å². The molecule has 0 fully saturated rings. The van der Waals surface area contributed by atoms with Gasteiger partial charge in [0, 0.05) is 41.7 Å². The molecule has 3 rings (SSSR count). The highest BCUT2D eigenvalue weighted by atomic mass is 32.2. The van der Waals surface area contributed by atoms with E-state index in [-0.39, 0.29) is 5.91 Å². The van der Waals surface area contributed by atoms with E-state index in [0.717, 1.165) is 16.9 Å². The minimum atomic E-state index is 0.0692. The van der Waals surface area contributed by atoms with Crippen LogP contribution in [0, 0.1) is 0 Å². The fourth-order valence-electron chi connectivity index (χ4n) is 2.53. The first-order valence-electron chi connectivity index (χ1n) is 8.24. The van der Waals surface area contributed by atoms with Crippen molar-refractivity contribution < 1.29 is 4.79 Å². The zero-order valence-electron chi connectivity index (χ0n) is 13.9. The lowest BCUT2D eigenvalue weighted by molar-refractivity contribution is 0.0754. The first kappa shape index (κ1) is 17.2. The highest BCUT2D eigenvalue weighted by molar-refractivity contribution is 7.99. The molecule has 0 saturated carbocycles. The molecular weight excluding hydrogens is 328 g/mol. The van der Waals surface area contributed by atoms with Crippen LogP contribution in [0.5, 0.6) is 0 Å². The quantitative estimate of drug-likeness (QED) is 0.589. The van der Waals surface area contributed by atoms with Crippen molar-refractivity contribution in [1.82, 2.24) is 9.88 Å². The van der Waals surface area contributed by atoms with Crippen LogP contribution in [0.15, 0.2) is 90.1 Å². The van der Waals surface area contributed by atoms with Crippen molar-refractivity contribution >= 4 is 17.7 Å². The average molecular weight is 348 g/mol. The van der Waals surface area contributed by atoms with Gasteiger partial charge in [0.2, 0.25) is 0 Å².